The first kappa shape index (κ1) is 21.4. The molecule has 1 aromatic heterocycles. The Balaban J connectivity index is 2.44. The summed E-state index contributed by atoms with van der Waals surface area (Å²) in [5.74, 6) is -0.448. The zero-order chi connectivity index (χ0) is 21.3. The van der Waals surface area contributed by atoms with Gasteiger partial charge in [-0.05, 0) is 65.0 Å². The Labute approximate surface area is 181 Å². The van der Waals surface area contributed by atoms with Crippen LogP contribution in [0.3, 0.4) is 0 Å². The van der Waals surface area contributed by atoms with Crippen molar-refractivity contribution in [3.05, 3.63) is 57.6 Å². The first-order valence-corrected chi connectivity index (χ1v) is 10.2. The molecule has 0 bridgehead atoms. The SMILES string of the molecule is CCOC(=O)c1c(-c2ccc(Cl)cc2Cl)nc2ccc(C)cc2c1NC(C)(C)C. The Morgan fingerprint density at radius 1 is 1.14 bits per heavy atom. The number of anilines is 1. The number of aryl methyl sites for hydroxylation is 1. The van der Waals surface area contributed by atoms with Gasteiger partial charge in [0.2, 0.25) is 0 Å². The lowest BCUT2D eigenvalue weighted by atomic mass is 9.97. The molecular formula is C23H24Cl2N2O2. The summed E-state index contributed by atoms with van der Waals surface area (Å²) in [4.78, 5) is 17.9. The van der Waals surface area contributed by atoms with E-state index in [1.807, 2.05) is 45.9 Å². The molecule has 0 radical (unpaired) electrons. The summed E-state index contributed by atoms with van der Waals surface area (Å²) in [7, 11) is 0. The number of hydrogen-bond donors (Lipinski definition) is 1. The maximum absolute atomic E-state index is 13.1. The third kappa shape index (κ3) is 4.65. The highest BCUT2D eigenvalue weighted by Gasteiger charge is 2.27. The number of fused-ring (bicyclic) bond motifs is 1. The molecule has 6 heteroatoms. The lowest BCUT2D eigenvalue weighted by Crippen LogP contribution is -2.28. The summed E-state index contributed by atoms with van der Waals surface area (Å²) < 4.78 is 5.40. The van der Waals surface area contributed by atoms with Crippen molar-refractivity contribution in [3.63, 3.8) is 0 Å². The lowest BCUT2D eigenvalue weighted by molar-refractivity contribution is 0.0528. The number of hydrogen-bond acceptors (Lipinski definition) is 4. The van der Waals surface area contributed by atoms with E-state index in [-0.39, 0.29) is 12.1 Å². The molecule has 0 aliphatic rings. The van der Waals surface area contributed by atoms with Crippen LogP contribution in [0.25, 0.3) is 22.2 Å². The first-order valence-electron chi connectivity index (χ1n) is 9.46. The molecule has 1 N–H and O–H groups in total. The topological polar surface area (TPSA) is 51.2 Å². The fraction of sp³-hybridized carbons (Fsp3) is 0.304. The highest BCUT2D eigenvalue weighted by molar-refractivity contribution is 6.36. The van der Waals surface area contributed by atoms with Crippen molar-refractivity contribution in [1.82, 2.24) is 4.98 Å². The molecular weight excluding hydrogens is 407 g/mol. The Morgan fingerprint density at radius 2 is 1.86 bits per heavy atom. The summed E-state index contributed by atoms with van der Waals surface area (Å²) in [6.45, 7) is 10.2. The predicted octanol–water partition coefficient (Wildman–Crippen LogP) is 6.90. The number of pyridine rings is 1. The lowest BCUT2D eigenvalue weighted by Gasteiger charge is -2.26. The van der Waals surface area contributed by atoms with Gasteiger partial charge < -0.3 is 10.1 Å². The molecule has 0 aliphatic carbocycles. The molecule has 0 saturated heterocycles. The van der Waals surface area contributed by atoms with Crippen molar-refractivity contribution in [2.75, 3.05) is 11.9 Å². The molecule has 152 valence electrons. The van der Waals surface area contributed by atoms with Gasteiger partial charge in [-0.1, -0.05) is 34.8 Å². The van der Waals surface area contributed by atoms with Crippen LogP contribution in [0.4, 0.5) is 5.69 Å². The molecule has 3 aromatic rings. The van der Waals surface area contributed by atoms with Crippen LogP contribution < -0.4 is 5.32 Å². The fourth-order valence-electron chi connectivity index (χ4n) is 3.16. The Hall–Kier alpha value is -2.30. The highest BCUT2D eigenvalue weighted by atomic mass is 35.5. The first-order chi connectivity index (χ1) is 13.6. The van der Waals surface area contributed by atoms with E-state index >= 15 is 0 Å². The molecule has 0 saturated carbocycles. The third-order valence-electron chi connectivity index (χ3n) is 4.31. The van der Waals surface area contributed by atoms with Crippen molar-refractivity contribution < 1.29 is 9.53 Å². The van der Waals surface area contributed by atoms with Gasteiger partial charge in [0.05, 0.1) is 28.5 Å². The summed E-state index contributed by atoms with van der Waals surface area (Å²) in [6, 6.07) is 11.1. The van der Waals surface area contributed by atoms with Crippen LogP contribution in [-0.4, -0.2) is 23.1 Å². The van der Waals surface area contributed by atoms with Gasteiger partial charge in [-0.2, -0.15) is 0 Å². The fourth-order valence-corrected chi connectivity index (χ4v) is 3.66. The second kappa shape index (κ2) is 8.21. The molecule has 4 nitrogen and oxygen atoms in total. The molecule has 0 aliphatic heterocycles. The summed E-state index contributed by atoms with van der Waals surface area (Å²) >= 11 is 12.6. The molecule has 0 atom stereocenters. The van der Waals surface area contributed by atoms with Crippen LogP contribution in [0, 0.1) is 6.92 Å². The van der Waals surface area contributed by atoms with E-state index in [1.165, 1.54) is 0 Å². The van der Waals surface area contributed by atoms with Crippen LogP contribution >= 0.6 is 23.2 Å². The zero-order valence-corrected chi connectivity index (χ0v) is 18.7. The van der Waals surface area contributed by atoms with Crippen molar-refractivity contribution in [1.29, 1.82) is 0 Å². The Bertz CT molecular complexity index is 1090. The molecule has 0 fully saturated rings. The Morgan fingerprint density at radius 3 is 2.48 bits per heavy atom. The maximum Gasteiger partial charge on any atom is 0.342 e. The number of nitrogens with one attached hydrogen (secondary N) is 1. The molecule has 0 spiro atoms. The smallest absolute Gasteiger partial charge is 0.342 e. The molecule has 29 heavy (non-hydrogen) atoms. The van der Waals surface area contributed by atoms with Crippen molar-refractivity contribution in [3.8, 4) is 11.3 Å². The van der Waals surface area contributed by atoms with E-state index in [0.29, 0.717) is 32.6 Å². The van der Waals surface area contributed by atoms with Gasteiger partial charge >= 0.3 is 5.97 Å². The van der Waals surface area contributed by atoms with E-state index in [1.54, 1.807) is 25.1 Å². The molecule has 0 amide bonds. The largest absolute Gasteiger partial charge is 0.462 e. The van der Waals surface area contributed by atoms with Gasteiger partial charge in [0.1, 0.15) is 5.56 Å². The average molecular weight is 431 g/mol. The number of esters is 1. The Kier molecular flexibility index (Phi) is 6.06. The number of benzene rings is 2. The highest BCUT2D eigenvalue weighted by Crippen LogP contribution is 2.39. The van der Waals surface area contributed by atoms with E-state index in [2.05, 4.69) is 5.32 Å². The number of rotatable bonds is 4. The number of carbonyl (C=O) groups excluding carboxylic acids is 1. The van der Waals surface area contributed by atoms with Crippen LogP contribution in [-0.2, 0) is 4.74 Å². The van der Waals surface area contributed by atoms with Gasteiger partial charge in [-0.25, -0.2) is 9.78 Å². The van der Waals surface area contributed by atoms with Crippen LogP contribution in [0.5, 0.6) is 0 Å². The van der Waals surface area contributed by atoms with E-state index in [9.17, 15) is 4.79 Å². The van der Waals surface area contributed by atoms with E-state index in [0.717, 1.165) is 16.5 Å². The second-order valence-electron chi connectivity index (χ2n) is 7.95. The monoisotopic (exact) mass is 430 g/mol. The standard InChI is InChI=1S/C23H24Cl2N2O2/c1-6-29-22(28)19-20(15-9-8-14(24)12-17(15)25)26-18-10-7-13(2)11-16(18)21(19)27-23(3,4)5/h7-12H,6H2,1-5H3,(H,26,27). The van der Waals surface area contributed by atoms with Gasteiger partial charge in [0.25, 0.3) is 0 Å². The summed E-state index contributed by atoms with van der Waals surface area (Å²) in [5, 5.41) is 5.28. The normalized spacial score (nSPS) is 11.6. The number of carbonyl (C=O) groups is 1. The zero-order valence-electron chi connectivity index (χ0n) is 17.2. The van der Waals surface area contributed by atoms with Crippen molar-refractivity contribution in [2.24, 2.45) is 0 Å². The van der Waals surface area contributed by atoms with Crippen LogP contribution in [0.15, 0.2) is 36.4 Å². The molecule has 3 rings (SSSR count). The van der Waals surface area contributed by atoms with Gasteiger partial charge in [0.15, 0.2) is 0 Å². The maximum atomic E-state index is 13.1. The minimum absolute atomic E-state index is 0.257. The number of halogens is 2. The second-order valence-corrected chi connectivity index (χ2v) is 8.79. The van der Waals surface area contributed by atoms with Gasteiger partial charge in [0, 0.05) is 21.5 Å². The molecule has 0 unspecified atom stereocenters. The number of aromatic nitrogens is 1. The quantitative estimate of drug-likeness (QED) is 0.457. The number of ether oxygens (including phenoxy) is 1. The summed E-state index contributed by atoms with van der Waals surface area (Å²) in [6.07, 6.45) is 0. The average Bonchev–Trinajstić information content (AvgIpc) is 2.61. The number of nitrogens with zero attached hydrogens (tertiary/aromatic N) is 1. The van der Waals surface area contributed by atoms with Crippen molar-refractivity contribution >= 4 is 45.8 Å². The molecule has 2 aromatic carbocycles. The predicted molar refractivity (Wildman–Crippen MR) is 121 cm³/mol. The van der Waals surface area contributed by atoms with E-state index in [4.69, 9.17) is 32.9 Å². The van der Waals surface area contributed by atoms with Gasteiger partial charge in [-0.3, -0.25) is 0 Å². The summed E-state index contributed by atoms with van der Waals surface area (Å²) in [5.41, 5.74) is 3.68. The third-order valence-corrected chi connectivity index (χ3v) is 4.85. The minimum atomic E-state index is -0.448. The van der Waals surface area contributed by atoms with Gasteiger partial charge in [-0.15, -0.1) is 0 Å². The van der Waals surface area contributed by atoms with Crippen LogP contribution in [0.2, 0.25) is 10.0 Å². The minimum Gasteiger partial charge on any atom is -0.462 e. The van der Waals surface area contributed by atoms with Crippen LogP contribution in [0.1, 0.15) is 43.6 Å². The molecule has 1 heterocycles. The van der Waals surface area contributed by atoms with Crippen molar-refractivity contribution in [2.45, 2.75) is 40.2 Å². The van der Waals surface area contributed by atoms with E-state index < -0.39 is 5.97 Å².